The van der Waals surface area contributed by atoms with Crippen molar-refractivity contribution >= 4 is 35.2 Å². The first-order chi connectivity index (χ1) is 17.8. The fourth-order valence-electron chi connectivity index (χ4n) is 4.56. The molecule has 7 nitrogen and oxygen atoms in total. The molecule has 37 heavy (non-hydrogen) atoms. The monoisotopic (exact) mass is 512 g/mol. The van der Waals surface area contributed by atoms with Crippen LogP contribution in [0.1, 0.15) is 62.9 Å². The van der Waals surface area contributed by atoms with Gasteiger partial charge < -0.3 is 10.2 Å². The number of nitrogens with zero attached hydrogens (tertiary/aromatic N) is 4. The molecule has 0 spiro atoms. The molecule has 2 aromatic heterocycles. The van der Waals surface area contributed by atoms with Crippen LogP contribution in [0, 0.1) is 26.7 Å². The Morgan fingerprint density at radius 1 is 1.08 bits per heavy atom. The number of carboxylic acid groups (broad SMARTS) is 1. The molecule has 1 unspecified atom stereocenters. The number of aryl methyl sites for hydroxylation is 2. The van der Waals surface area contributed by atoms with E-state index in [1.54, 1.807) is 18.3 Å². The van der Waals surface area contributed by atoms with E-state index in [9.17, 15) is 15.0 Å². The lowest BCUT2D eigenvalue weighted by Crippen LogP contribution is -2.21. The zero-order chi connectivity index (χ0) is 26.3. The number of hydrogen-bond acceptors (Lipinski definition) is 6. The van der Waals surface area contributed by atoms with Gasteiger partial charge in [0, 0.05) is 16.0 Å². The molecule has 3 heterocycles. The van der Waals surface area contributed by atoms with Gasteiger partial charge in [-0.3, -0.25) is 14.4 Å². The number of rotatable bonds is 6. The summed E-state index contributed by atoms with van der Waals surface area (Å²) in [7, 11) is 0. The minimum absolute atomic E-state index is 0.0126. The molecule has 0 aliphatic carbocycles. The van der Waals surface area contributed by atoms with Crippen molar-refractivity contribution in [2.75, 3.05) is 0 Å². The van der Waals surface area contributed by atoms with Crippen LogP contribution in [0.3, 0.4) is 0 Å². The zero-order valence-electron chi connectivity index (χ0n) is 21.1. The number of hydrogen-bond donors (Lipinski definition) is 2. The summed E-state index contributed by atoms with van der Waals surface area (Å²) in [6.07, 6.45) is 4.04. The van der Waals surface area contributed by atoms with Crippen LogP contribution in [0.15, 0.2) is 53.5 Å². The standard InChI is InChI=1S/C29H28N4O3S/c1-16-18(3)37-28-24(16)26(30-25(17(2)29(35)36)27-32-31-19(4)33(27)28)23-12-10-20(11-13-23)8-9-21-6-5-7-22(14-21)15-34/h5-14,17,25,34H,15H2,1-4H3,(H,35,36)/t17?,25-/m0/s1. The molecule has 5 rings (SSSR count). The third-order valence-corrected chi connectivity index (χ3v) is 8.03. The molecule has 0 radical (unpaired) electrons. The van der Waals surface area contributed by atoms with Crippen LogP contribution in [0.5, 0.6) is 0 Å². The van der Waals surface area contributed by atoms with Gasteiger partial charge in [-0.1, -0.05) is 54.6 Å². The fraction of sp³-hybridized carbons (Fsp3) is 0.241. The predicted molar refractivity (Wildman–Crippen MR) is 146 cm³/mol. The van der Waals surface area contributed by atoms with E-state index < -0.39 is 17.9 Å². The average molecular weight is 513 g/mol. The Morgan fingerprint density at radius 3 is 2.51 bits per heavy atom. The van der Waals surface area contributed by atoms with E-state index in [1.807, 2.05) is 72.2 Å². The Morgan fingerprint density at radius 2 is 1.81 bits per heavy atom. The summed E-state index contributed by atoms with van der Waals surface area (Å²) >= 11 is 1.65. The Labute approximate surface area is 219 Å². The molecule has 0 amide bonds. The van der Waals surface area contributed by atoms with Gasteiger partial charge in [0.1, 0.15) is 16.9 Å². The summed E-state index contributed by atoms with van der Waals surface area (Å²) in [5.74, 6) is -0.439. The summed E-state index contributed by atoms with van der Waals surface area (Å²) in [4.78, 5) is 18.3. The number of thiophene rings is 1. The maximum atomic E-state index is 12.0. The molecule has 0 bridgehead atoms. The van der Waals surface area contributed by atoms with E-state index in [1.165, 1.54) is 4.88 Å². The largest absolute Gasteiger partial charge is 0.481 e. The first kappa shape index (κ1) is 24.8. The van der Waals surface area contributed by atoms with Gasteiger partial charge in [-0.05, 0) is 56.0 Å². The highest BCUT2D eigenvalue weighted by molar-refractivity contribution is 7.15. The van der Waals surface area contributed by atoms with Gasteiger partial charge >= 0.3 is 5.97 Å². The second-order valence-corrected chi connectivity index (χ2v) is 10.5. The lowest BCUT2D eigenvalue weighted by atomic mass is 9.97. The van der Waals surface area contributed by atoms with Gasteiger partial charge in [-0.25, -0.2) is 0 Å². The molecule has 0 saturated heterocycles. The summed E-state index contributed by atoms with van der Waals surface area (Å²) in [6.45, 7) is 7.73. The van der Waals surface area contributed by atoms with E-state index in [0.717, 1.165) is 44.1 Å². The van der Waals surface area contributed by atoms with Crippen LogP contribution in [-0.4, -0.2) is 36.7 Å². The predicted octanol–water partition coefficient (Wildman–Crippen LogP) is 5.53. The number of aliphatic hydroxyl groups excluding tert-OH is 1. The summed E-state index contributed by atoms with van der Waals surface area (Å²) in [5, 5.41) is 28.9. The number of aliphatic imine (C=N–C) groups is 1. The Balaban J connectivity index is 1.59. The first-order valence-corrected chi connectivity index (χ1v) is 12.9. The molecule has 0 fully saturated rings. The first-order valence-electron chi connectivity index (χ1n) is 12.1. The maximum Gasteiger partial charge on any atom is 0.308 e. The zero-order valence-corrected chi connectivity index (χ0v) is 22.0. The molecule has 8 heteroatoms. The minimum Gasteiger partial charge on any atom is -0.481 e. The number of benzene rings is 2. The normalized spacial score (nSPS) is 15.7. The van der Waals surface area contributed by atoms with Crippen molar-refractivity contribution in [2.24, 2.45) is 10.9 Å². The molecule has 2 aromatic carbocycles. The molecular formula is C29H28N4O3S. The lowest BCUT2D eigenvalue weighted by Gasteiger charge is -2.16. The number of aliphatic carboxylic acids is 1. The van der Waals surface area contributed by atoms with Crippen LogP contribution >= 0.6 is 11.3 Å². The van der Waals surface area contributed by atoms with Crippen molar-refractivity contribution < 1.29 is 15.0 Å². The van der Waals surface area contributed by atoms with Crippen molar-refractivity contribution in [2.45, 2.75) is 40.3 Å². The maximum absolute atomic E-state index is 12.0. The number of aliphatic hydroxyl groups is 1. The second-order valence-electron chi connectivity index (χ2n) is 9.31. The van der Waals surface area contributed by atoms with Crippen LogP contribution < -0.4 is 0 Å². The van der Waals surface area contributed by atoms with E-state index in [4.69, 9.17) is 4.99 Å². The molecule has 2 atom stereocenters. The number of aromatic nitrogens is 3. The second kappa shape index (κ2) is 9.88. The molecule has 188 valence electrons. The quantitative estimate of drug-likeness (QED) is 0.331. The smallest absolute Gasteiger partial charge is 0.308 e. The lowest BCUT2D eigenvalue weighted by molar-refractivity contribution is -0.141. The van der Waals surface area contributed by atoms with Gasteiger partial charge in [0.15, 0.2) is 5.82 Å². The summed E-state index contributed by atoms with van der Waals surface area (Å²) < 4.78 is 1.97. The van der Waals surface area contributed by atoms with Gasteiger partial charge in [0.25, 0.3) is 0 Å². The topological polar surface area (TPSA) is 101 Å². The summed E-state index contributed by atoms with van der Waals surface area (Å²) in [5.41, 5.74) is 6.71. The molecule has 1 aliphatic heterocycles. The van der Waals surface area contributed by atoms with Crippen LogP contribution in [0.2, 0.25) is 0 Å². The third kappa shape index (κ3) is 4.54. The minimum atomic E-state index is -0.927. The third-order valence-electron chi connectivity index (χ3n) is 6.84. The highest BCUT2D eigenvalue weighted by atomic mass is 32.1. The Kier molecular flexibility index (Phi) is 6.62. The Hall–Kier alpha value is -3.88. The highest BCUT2D eigenvalue weighted by Crippen LogP contribution is 2.40. The van der Waals surface area contributed by atoms with Gasteiger partial charge in [0.2, 0.25) is 0 Å². The fourth-order valence-corrected chi connectivity index (χ4v) is 5.77. The van der Waals surface area contributed by atoms with Gasteiger partial charge in [0.05, 0.1) is 18.2 Å². The van der Waals surface area contributed by atoms with Crippen LogP contribution in [0.25, 0.3) is 17.2 Å². The van der Waals surface area contributed by atoms with Crippen molar-refractivity contribution in [3.05, 3.63) is 98.4 Å². The van der Waals surface area contributed by atoms with E-state index in [-0.39, 0.29) is 6.61 Å². The number of carbonyl (C=O) groups is 1. The van der Waals surface area contributed by atoms with Crippen molar-refractivity contribution in [1.82, 2.24) is 14.8 Å². The Bertz CT molecular complexity index is 1550. The van der Waals surface area contributed by atoms with Gasteiger partial charge in [-0.15, -0.1) is 21.5 Å². The number of fused-ring (bicyclic) bond motifs is 3. The summed E-state index contributed by atoms with van der Waals surface area (Å²) in [6, 6.07) is 15.2. The average Bonchev–Trinajstić information content (AvgIpc) is 3.37. The van der Waals surface area contributed by atoms with E-state index in [2.05, 4.69) is 24.0 Å². The van der Waals surface area contributed by atoms with Crippen molar-refractivity contribution in [3.63, 3.8) is 0 Å². The molecule has 2 N–H and O–H groups in total. The molecule has 1 aliphatic rings. The van der Waals surface area contributed by atoms with Crippen molar-refractivity contribution in [3.8, 4) is 5.00 Å². The highest BCUT2D eigenvalue weighted by Gasteiger charge is 2.36. The van der Waals surface area contributed by atoms with E-state index in [0.29, 0.717) is 11.6 Å². The SMILES string of the molecule is Cc1sc2c(c1C)C(c1ccc(C=Cc3cccc(CO)c3)cc1)=N[C@@H](C(C)C(=O)O)c1nnc(C)n1-2. The van der Waals surface area contributed by atoms with E-state index >= 15 is 0 Å². The molecule has 0 saturated carbocycles. The molecular weight excluding hydrogens is 484 g/mol. The van der Waals surface area contributed by atoms with Crippen LogP contribution in [-0.2, 0) is 11.4 Å². The van der Waals surface area contributed by atoms with Crippen LogP contribution in [0.4, 0.5) is 0 Å². The molecule has 4 aromatic rings. The van der Waals surface area contributed by atoms with Gasteiger partial charge in [-0.2, -0.15) is 0 Å². The van der Waals surface area contributed by atoms with Crippen molar-refractivity contribution in [1.29, 1.82) is 0 Å². The number of carboxylic acids is 1.